The van der Waals surface area contributed by atoms with Crippen LogP contribution in [0.25, 0.3) is 0 Å². The van der Waals surface area contributed by atoms with Crippen molar-refractivity contribution in [2.45, 2.75) is 39.2 Å². The summed E-state index contributed by atoms with van der Waals surface area (Å²) in [5, 5.41) is 14.0. The third kappa shape index (κ3) is 2.96. The molecule has 0 aliphatic heterocycles. The van der Waals surface area contributed by atoms with Gasteiger partial charge in [-0.25, -0.2) is 0 Å². The monoisotopic (exact) mass is 234 g/mol. The standard InChI is InChI=1S/C13H18N2O2/c1-13(2)8-7-11(9-13)14-10-3-5-12(6-4-10)15(16)17/h3-6,11,14H,7-9H2,1-2H3. The second kappa shape index (κ2) is 4.35. The van der Waals surface area contributed by atoms with E-state index in [1.54, 1.807) is 24.3 Å². The van der Waals surface area contributed by atoms with Gasteiger partial charge in [0.25, 0.3) is 5.69 Å². The maximum Gasteiger partial charge on any atom is 0.269 e. The average Bonchev–Trinajstić information content (AvgIpc) is 2.59. The van der Waals surface area contributed by atoms with E-state index in [0.29, 0.717) is 11.5 Å². The van der Waals surface area contributed by atoms with Gasteiger partial charge < -0.3 is 5.32 Å². The lowest BCUT2D eigenvalue weighted by atomic mass is 9.92. The maximum absolute atomic E-state index is 10.5. The minimum absolute atomic E-state index is 0.141. The van der Waals surface area contributed by atoms with Crippen LogP contribution >= 0.6 is 0 Å². The molecule has 1 aromatic carbocycles. The minimum Gasteiger partial charge on any atom is -0.382 e. The largest absolute Gasteiger partial charge is 0.382 e. The summed E-state index contributed by atoms with van der Waals surface area (Å²) in [4.78, 5) is 10.2. The zero-order valence-corrected chi connectivity index (χ0v) is 10.3. The number of nitro benzene ring substituents is 1. The van der Waals surface area contributed by atoms with Gasteiger partial charge in [-0.1, -0.05) is 13.8 Å². The van der Waals surface area contributed by atoms with Gasteiger partial charge in [0.15, 0.2) is 0 Å². The van der Waals surface area contributed by atoms with Gasteiger partial charge in [-0.3, -0.25) is 10.1 Å². The van der Waals surface area contributed by atoms with Crippen molar-refractivity contribution < 1.29 is 4.92 Å². The number of rotatable bonds is 3. The first-order valence-corrected chi connectivity index (χ1v) is 5.97. The number of non-ortho nitro benzene ring substituents is 1. The molecule has 0 radical (unpaired) electrons. The number of anilines is 1. The zero-order chi connectivity index (χ0) is 12.5. The number of nitrogens with one attached hydrogen (secondary N) is 1. The van der Waals surface area contributed by atoms with Gasteiger partial charge in [0.05, 0.1) is 4.92 Å². The first-order valence-electron chi connectivity index (χ1n) is 5.97. The van der Waals surface area contributed by atoms with Gasteiger partial charge in [-0.2, -0.15) is 0 Å². The summed E-state index contributed by atoms with van der Waals surface area (Å²) in [6, 6.07) is 7.14. The van der Waals surface area contributed by atoms with E-state index < -0.39 is 0 Å². The molecule has 17 heavy (non-hydrogen) atoms. The molecular formula is C13H18N2O2. The Morgan fingerprint density at radius 3 is 2.47 bits per heavy atom. The molecular weight excluding hydrogens is 216 g/mol. The molecule has 1 aliphatic carbocycles. The van der Waals surface area contributed by atoms with Crippen LogP contribution in [0.4, 0.5) is 11.4 Å². The highest BCUT2D eigenvalue weighted by atomic mass is 16.6. The molecule has 0 aromatic heterocycles. The van der Waals surface area contributed by atoms with Gasteiger partial charge in [0, 0.05) is 23.9 Å². The third-order valence-corrected chi connectivity index (χ3v) is 3.42. The molecule has 1 N–H and O–H groups in total. The van der Waals surface area contributed by atoms with Crippen LogP contribution < -0.4 is 5.32 Å². The fourth-order valence-corrected chi connectivity index (χ4v) is 2.47. The van der Waals surface area contributed by atoms with Crippen LogP contribution in [0.3, 0.4) is 0 Å². The van der Waals surface area contributed by atoms with Crippen molar-refractivity contribution in [3.05, 3.63) is 34.4 Å². The molecule has 0 saturated heterocycles. The molecule has 2 rings (SSSR count). The summed E-state index contributed by atoms with van der Waals surface area (Å²) in [7, 11) is 0. The Kier molecular flexibility index (Phi) is 3.05. The molecule has 1 fully saturated rings. The molecule has 1 atom stereocenters. The molecule has 4 heteroatoms. The number of nitro groups is 1. The second-order valence-electron chi connectivity index (χ2n) is 5.55. The molecule has 92 valence electrons. The Labute approximate surface area is 101 Å². The molecule has 0 bridgehead atoms. The molecule has 1 unspecified atom stereocenters. The van der Waals surface area contributed by atoms with Crippen LogP contribution in [0, 0.1) is 15.5 Å². The van der Waals surface area contributed by atoms with Crippen molar-refractivity contribution in [3.63, 3.8) is 0 Å². The van der Waals surface area contributed by atoms with Crippen LogP contribution in [-0.4, -0.2) is 11.0 Å². The summed E-state index contributed by atoms with van der Waals surface area (Å²) in [6.45, 7) is 4.56. The Bertz CT molecular complexity index is 412. The van der Waals surface area contributed by atoms with Crippen molar-refractivity contribution in [2.24, 2.45) is 5.41 Å². The zero-order valence-electron chi connectivity index (χ0n) is 10.3. The fourth-order valence-electron chi connectivity index (χ4n) is 2.47. The Hall–Kier alpha value is -1.58. The van der Waals surface area contributed by atoms with Gasteiger partial charge in [0.1, 0.15) is 0 Å². The van der Waals surface area contributed by atoms with Gasteiger partial charge in [-0.05, 0) is 36.8 Å². The van der Waals surface area contributed by atoms with Crippen molar-refractivity contribution >= 4 is 11.4 Å². The van der Waals surface area contributed by atoms with Crippen molar-refractivity contribution in [3.8, 4) is 0 Å². The topological polar surface area (TPSA) is 55.2 Å². The van der Waals surface area contributed by atoms with Crippen molar-refractivity contribution in [1.29, 1.82) is 0 Å². The normalized spacial score (nSPS) is 22.4. The quantitative estimate of drug-likeness (QED) is 0.642. The van der Waals surface area contributed by atoms with E-state index in [0.717, 1.165) is 12.1 Å². The number of nitrogens with zero attached hydrogens (tertiary/aromatic N) is 1. The van der Waals surface area contributed by atoms with Crippen LogP contribution in [0.5, 0.6) is 0 Å². The number of hydrogen-bond acceptors (Lipinski definition) is 3. The third-order valence-electron chi connectivity index (χ3n) is 3.42. The first-order chi connectivity index (χ1) is 7.96. The van der Waals surface area contributed by atoms with Crippen molar-refractivity contribution in [2.75, 3.05) is 5.32 Å². The lowest BCUT2D eigenvalue weighted by molar-refractivity contribution is -0.384. The predicted octanol–water partition coefficient (Wildman–Crippen LogP) is 3.59. The van der Waals surface area contributed by atoms with Gasteiger partial charge in [-0.15, -0.1) is 0 Å². The van der Waals surface area contributed by atoms with Gasteiger partial charge in [0.2, 0.25) is 0 Å². The fraction of sp³-hybridized carbons (Fsp3) is 0.538. The lowest BCUT2D eigenvalue weighted by Gasteiger charge is -2.18. The highest BCUT2D eigenvalue weighted by Crippen LogP contribution is 2.38. The molecule has 0 amide bonds. The summed E-state index contributed by atoms with van der Waals surface area (Å²) in [5.41, 5.74) is 1.53. The minimum atomic E-state index is -0.373. The smallest absolute Gasteiger partial charge is 0.269 e. The second-order valence-corrected chi connectivity index (χ2v) is 5.55. The molecule has 1 saturated carbocycles. The Morgan fingerprint density at radius 1 is 1.35 bits per heavy atom. The number of hydrogen-bond donors (Lipinski definition) is 1. The molecule has 4 nitrogen and oxygen atoms in total. The van der Waals surface area contributed by atoms with Gasteiger partial charge >= 0.3 is 0 Å². The summed E-state index contributed by atoms with van der Waals surface area (Å²) in [5.74, 6) is 0. The lowest BCUT2D eigenvalue weighted by Crippen LogP contribution is -2.17. The van der Waals surface area contributed by atoms with Crippen LogP contribution in [0.1, 0.15) is 33.1 Å². The van der Waals surface area contributed by atoms with E-state index in [4.69, 9.17) is 0 Å². The van der Waals surface area contributed by atoms with E-state index in [2.05, 4.69) is 19.2 Å². The average molecular weight is 234 g/mol. The van der Waals surface area contributed by atoms with Crippen molar-refractivity contribution in [1.82, 2.24) is 0 Å². The maximum atomic E-state index is 10.5. The highest BCUT2D eigenvalue weighted by Gasteiger charge is 2.30. The van der Waals surface area contributed by atoms with Crippen LogP contribution in [0.15, 0.2) is 24.3 Å². The highest BCUT2D eigenvalue weighted by molar-refractivity contribution is 5.49. The molecule has 0 spiro atoms. The molecule has 1 aromatic rings. The summed E-state index contributed by atoms with van der Waals surface area (Å²) < 4.78 is 0. The van der Waals surface area contributed by atoms with E-state index in [1.807, 2.05) is 0 Å². The number of benzene rings is 1. The van der Waals surface area contributed by atoms with E-state index in [1.165, 1.54) is 12.8 Å². The SMILES string of the molecule is CC1(C)CCC(Nc2ccc([N+](=O)[O-])cc2)C1. The Morgan fingerprint density at radius 2 is 2.00 bits per heavy atom. The van der Waals surface area contributed by atoms with E-state index in [9.17, 15) is 10.1 Å². The van der Waals surface area contributed by atoms with Crippen LogP contribution in [0.2, 0.25) is 0 Å². The Balaban J connectivity index is 1.98. The molecule has 1 aliphatic rings. The summed E-state index contributed by atoms with van der Waals surface area (Å²) >= 11 is 0. The summed E-state index contributed by atoms with van der Waals surface area (Å²) in [6.07, 6.45) is 3.56. The predicted molar refractivity (Wildman–Crippen MR) is 68.1 cm³/mol. The van der Waals surface area contributed by atoms with E-state index >= 15 is 0 Å². The van der Waals surface area contributed by atoms with E-state index in [-0.39, 0.29) is 10.6 Å². The first kappa shape index (κ1) is 11.9. The molecule has 0 heterocycles. The van der Waals surface area contributed by atoms with Crippen LogP contribution in [-0.2, 0) is 0 Å².